The molecule has 0 saturated heterocycles. The molecule has 1 amide bonds. The van der Waals surface area contributed by atoms with E-state index in [4.69, 9.17) is 9.47 Å². The molecule has 0 aromatic carbocycles. The number of fused-ring (bicyclic) bond motifs is 2. The van der Waals surface area contributed by atoms with Gasteiger partial charge < -0.3 is 19.9 Å². The first-order chi connectivity index (χ1) is 9.49. The Bertz CT molecular complexity index is 418. The number of nitrogens with one attached hydrogen (secondary N) is 1. The molecule has 5 unspecified atom stereocenters. The third-order valence-corrected chi connectivity index (χ3v) is 4.29. The Labute approximate surface area is 118 Å². The van der Waals surface area contributed by atoms with Crippen LogP contribution in [0.1, 0.15) is 13.3 Å². The molecule has 112 valence electrons. The Balaban J connectivity index is 2.05. The van der Waals surface area contributed by atoms with Crippen molar-refractivity contribution in [3.8, 4) is 0 Å². The number of hydrogen-bond acceptors (Lipinski definition) is 4. The SMILES string of the molecule is COC(OC)C(C)NC(=O)C1C2C=CC(C2)C1C(=O)O. The molecule has 2 bridgehead atoms. The first kappa shape index (κ1) is 15.0. The number of carbonyl (C=O) groups excluding carboxylic acids is 1. The van der Waals surface area contributed by atoms with Crippen LogP contribution in [0.5, 0.6) is 0 Å². The van der Waals surface area contributed by atoms with Crippen molar-refractivity contribution in [2.45, 2.75) is 25.7 Å². The van der Waals surface area contributed by atoms with Gasteiger partial charge in [-0.3, -0.25) is 9.59 Å². The van der Waals surface area contributed by atoms with Crippen molar-refractivity contribution in [3.05, 3.63) is 12.2 Å². The van der Waals surface area contributed by atoms with Crippen molar-refractivity contribution in [2.24, 2.45) is 23.7 Å². The van der Waals surface area contributed by atoms with Crippen LogP contribution in [-0.2, 0) is 19.1 Å². The second-order valence-corrected chi connectivity index (χ2v) is 5.48. The minimum Gasteiger partial charge on any atom is -0.481 e. The van der Waals surface area contributed by atoms with Gasteiger partial charge in [0, 0.05) is 14.2 Å². The first-order valence-corrected chi connectivity index (χ1v) is 6.76. The maximum absolute atomic E-state index is 12.4. The number of allylic oxidation sites excluding steroid dienone is 2. The summed E-state index contributed by atoms with van der Waals surface area (Å²) in [6, 6.07) is -0.338. The molecule has 1 fully saturated rings. The monoisotopic (exact) mass is 283 g/mol. The average molecular weight is 283 g/mol. The van der Waals surface area contributed by atoms with Gasteiger partial charge in [-0.1, -0.05) is 12.2 Å². The molecular formula is C14H21NO5. The summed E-state index contributed by atoms with van der Waals surface area (Å²) in [5.41, 5.74) is 0. The van der Waals surface area contributed by atoms with E-state index in [1.54, 1.807) is 6.92 Å². The summed E-state index contributed by atoms with van der Waals surface area (Å²) in [5, 5.41) is 12.1. The molecule has 0 heterocycles. The van der Waals surface area contributed by atoms with E-state index in [9.17, 15) is 14.7 Å². The lowest BCUT2D eigenvalue weighted by atomic mass is 9.82. The molecule has 2 rings (SSSR count). The molecular weight excluding hydrogens is 262 g/mol. The van der Waals surface area contributed by atoms with Crippen molar-refractivity contribution >= 4 is 11.9 Å². The van der Waals surface area contributed by atoms with Gasteiger partial charge in [-0.2, -0.15) is 0 Å². The normalized spacial score (nSPS) is 32.6. The quantitative estimate of drug-likeness (QED) is 0.552. The molecule has 1 saturated carbocycles. The second kappa shape index (κ2) is 5.93. The molecule has 2 aliphatic carbocycles. The molecule has 6 heteroatoms. The van der Waals surface area contributed by atoms with Gasteiger partial charge in [0.05, 0.1) is 17.9 Å². The number of carbonyl (C=O) groups is 2. The molecule has 6 nitrogen and oxygen atoms in total. The van der Waals surface area contributed by atoms with Gasteiger partial charge in [0.25, 0.3) is 0 Å². The van der Waals surface area contributed by atoms with Crippen LogP contribution in [0.25, 0.3) is 0 Å². The lowest BCUT2D eigenvalue weighted by molar-refractivity contribution is -0.150. The number of carboxylic acid groups (broad SMARTS) is 1. The van der Waals surface area contributed by atoms with Gasteiger partial charge in [0.15, 0.2) is 6.29 Å². The summed E-state index contributed by atoms with van der Waals surface area (Å²) in [5.74, 6) is -2.26. The van der Waals surface area contributed by atoms with E-state index in [2.05, 4.69) is 5.32 Å². The molecule has 0 aromatic rings. The predicted octanol–water partition coefficient (Wildman–Crippen LogP) is 0.633. The minimum absolute atomic E-state index is 0.0239. The maximum atomic E-state index is 12.4. The fraction of sp³-hybridized carbons (Fsp3) is 0.714. The van der Waals surface area contributed by atoms with Gasteiger partial charge in [-0.15, -0.1) is 0 Å². The van der Waals surface area contributed by atoms with Crippen LogP contribution < -0.4 is 5.32 Å². The molecule has 0 spiro atoms. The topological polar surface area (TPSA) is 84.9 Å². The number of amides is 1. The zero-order valence-electron chi connectivity index (χ0n) is 11.9. The highest BCUT2D eigenvalue weighted by Crippen LogP contribution is 2.48. The highest BCUT2D eigenvalue weighted by molar-refractivity contribution is 5.87. The molecule has 0 aromatic heterocycles. The summed E-state index contributed by atoms with van der Waals surface area (Å²) in [7, 11) is 2.99. The van der Waals surface area contributed by atoms with Crippen LogP contribution in [0.2, 0.25) is 0 Å². The van der Waals surface area contributed by atoms with E-state index in [0.29, 0.717) is 0 Å². The highest BCUT2D eigenvalue weighted by Gasteiger charge is 2.51. The van der Waals surface area contributed by atoms with E-state index in [-0.39, 0.29) is 23.8 Å². The molecule has 2 aliphatic rings. The number of hydrogen-bond donors (Lipinski definition) is 2. The zero-order chi connectivity index (χ0) is 14.9. The number of carboxylic acids is 1. The highest BCUT2D eigenvalue weighted by atomic mass is 16.7. The summed E-state index contributed by atoms with van der Waals surface area (Å²) >= 11 is 0. The van der Waals surface area contributed by atoms with Crippen LogP contribution >= 0.6 is 0 Å². The third kappa shape index (κ3) is 2.58. The summed E-state index contributed by atoms with van der Waals surface area (Å²) in [6.07, 6.45) is 4.09. The smallest absolute Gasteiger partial charge is 0.307 e. The van der Waals surface area contributed by atoms with E-state index < -0.39 is 24.1 Å². The number of rotatable bonds is 6. The molecule has 0 aliphatic heterocycles. The van der Waals surface area contributed by atoms with Gasteiger partial charge in [-0.25, -0.2) is 0 Å². The lowest BCUT2D eigenvalue weighted by Crippen LogP contribution is -2.48. The number of ether oxygens (including phenoxy) is 2. The maximum Gasteiger partial charge on any atom is 0.307 e. The average Bonchev–Trinajstić information content (AvgIpc) is 2.99. The summed E-state index contributed by atoms with van der Waals surface area (Å²) < 4.78 is 10.2. The molecule has 0 radical (unpaired) electrons. The molecule has 5 atom stereocenters. The fourth-order valence-electron chi connectivity index (χ4n) is 3.41. The Morgan fingerprint density at radius 1 is 1.20 bits per heavy atom. The van der Waals surface area contributed by atoms with Crippen molar-refractivity contribution in [3.63, 3.8) is 0 Å². The van der Waals surface area contributed by atoms with E-state index in [1.807, 2.05) is 12.2 Å². The van der Waals surface area contributed by atoms with Crippen molar-refractivity contribution in [1.82, 2.24) is 5.32 Å². The third-order valence-electron chi connectivity index (χ3n) is 4.29. The zero-order valence-corrected chi connectivity index (χ0v) is 11.9. The van der Waals surface area contributed by atoms with Crippen molar-refractivity contribution in [1.29, 1.82) is 0 Å². The van der Waals surface area contributed by atoms with Crippen LogP contribution in [0.3, 0.4) is 0 Å². The van der Waals surface area contributed by atoms with Gasteiger partial charge in [0.1, 0.15) is 0 Å². The number of aliphatic carboxylic acids is 1. The van der Waals surface area contributed by atoms with Gasteiger partial charge in [0.2, 0.25) is 5.91 Å². The summed E-state index contributed by atoms with van der Waals surface area (Å²) in [6.45, 7) is 1.77. The minimum atomic E-state index is -0.898. The second-order valence-electron chi connectivity index (χ2n) is 5.48. The summed E-state index contributed by atoms with van der Waals surface area (Å²) in [4.78, 5) is 23.8. The van der Waals surface area contributed by atoms with E-state index in [0.717, 1.165) is 6.42 Å². The van der Waals surface area contributed by atoms with Crippen LogP contribution in [0.15, 0.2) is 12.2 Å². The van der Waals surface area contributed by atoms with E-state index >= 15 is 0 Å². The van der Waals surface area contributed by atoms with Crippen LogP contribution in [-0.4, -0.2) is 43.5 Å². The van der Waals surface area contributed by atoms with Gasteiger partial charge in [-0.05, 0) is 25.2 Å². The van der Waals surface area contributed by atoms with E-state index in [1.165, 1.54) is 14.2 Å². The van der Waals surface area contributed by atoms with Crippen molar-refractivity contribution < 1.29 is 24.2 Å². The Hall–Kier alpha value is -1.40. The molecule has 2 N–H and O–H groups in total. The standard InChI is InChI=1S/C14H21NO5/c1-7(14(19-2)20-3)15-12(16)10-8-4-5-9(6-8)11(10)13(17)18/h4-5,7-11,14H,6H2,1-3H3,(H,15,16)(H,17,18). The van der Waals surface area contributed by atoms with Crippen molar-refractivity contribution in [2.75, 3.05) is 14.2 Å². The van der Waals surface area contributed by atoms with Crippen LogP contribution in [0, 0.1) is 23.7 Å². The fourth-order valence-corrected chi connectivity index (χ4v) is 3.41. The largest absolute Gasteiger partial charge is 0.481 e. The lowest BCUT2D eigenvalue weighted by Gasteiger charge is -2.28. The Kier molecular flexibility index (Phi) is 4.45. The van der Waals surface area contributed by atoms with Crippen LogP contribution in [0.4, 0.5) is 0 Å². The predicted molar refractivity (Wildman–Crippen MR) is 70.8 cm³/mol. The first-order valence-electron chi connectivity index (χ1n) is 6.76. The Morgan fingerprint density at radius 3 is 2.25 bits per heavy atom. The Morgan fingerprint density at radius 2 is 1.75 bits per heavy atom. The number of methoxy groups -OCH3 is 2. The van der Waals surface area contributed by atoms with Gasteiger partial charge >= 0.3 is 5.97 Å². The molecule has 20 heavy (non-hydrogen) atoms.